The van der Waals surface area contributed by atoms with Crippen molar-refractivity contribution in [2.45, 2.75) is 0 Å². The van der Waals surface area contributed by atoms with Crippen molar-refractivity contribution in [1.29, 1.82) is 0 Å². The Labute approximate surface area is 388 Å². The monoisotopic (exact) mass is 900 g/mol. The standard InChI is InChI=1S/C60H32F4N4O/c61-51-49-50-52(62)56(66-43-27-11-3-19-35(43)36-20-4-12-28-44(36)66)54(64)58(68-47-31-15-7-23-39(47)40-24-8-16-32-48(40)68)60(50)69-59(49)57(67-45-29-13-5-21-37(45)38-22-6-14-30-46(38)67)53(63)55(51)65-41-25-9-1-17-33(41)34-18-2-10-26-42(34)65/h1-32H. The number of para-hydroxylation sites is 8. The minimum Gasteiger partial charge on any atom is -0.451 e. The van der Waals surface area contributed by atoms with E-state index in [0.29, 0.717) is 44.1 Å². The number of hydrogen-bond donors (Lipinski definition) is 0. The zero-order valence-electron chi connectivity index (χ0n) is 36.2. The van der Waals surface area contributed by atoms with Crippen molar-refractivity contribution in [3.05, 3.63) is 217 Å². The fourth-order valence-electron chi connectivity index (χ4n) is 11.5. The average molecular weight is 901 g/mol. The lowest BCUT2D eigenvalue weighted by molar-refractivity contribution is 0.567. The Kier molecular flexibility index (Phi) is 7.58. The van der Waals surface area contributed by atoms with Crippen LogP contribution in [0.4, 0.5) is 17.6 Å². The Morgan fingerprint density at radius 2 is 0.420 bits per heavy atom. The van der Waals surface area contributed by atoms with Crippen molar-refractivity contribution in [2.75, 3.05) is 0 Å². The van der Waals surface area contributed by atoms with Crippen molar-refractivity contribution in [3.63, 3.8) is 0 Å². The topological polar surface area (TPSA) is 32.9 Å². The third-order valence-corrected chi connectivity index (χ3v) is 14.2. The van der Waals surface area contributed by atoms with E-state index in [1.165, 1.54) is 0 Å². The van der Waals surface area contributed by atoms with Gasteiger partial charge in [0.25, 0.3) is 0 Å². The van der Waals surface area contributed by atoms with Gasteiger partial charge in [-0.3, -0.25) is 0 Å². The van der Waals surface area contributed by atoms with Crippen LogP contribution >= 0.6 is 0 Å². The molecular weight excluding hydrogens is 869 g/mol. The second-order valence-electron chi connectivity index (χ2n) is 17.6. The largest absolute Gasteiger partial charge is 0.451 e. The zero-order valence-corrected chi connectivity index (χ0v) is 36.2. The van der Waals surface area contributed by atoms with Gasteiger partial charge in [-0.15, -0.1) is 0 Å². The molecular formula is C60H32F4N4O. The van der Waals surface area contributed by atoms with Gasteiger partial charge >= 0.3 is 0 Å². The summed E-state index contributed by atoms with van der Waals surface area (Å²) in [5.74, 6) is -4.02. The maximum atomic E-state index is 19.0. The van der Waals surface area contributed by atoms with Crippen molar-refractivity contribution in [1.82, 2.24) is 18.3 Å². The molecule has 5 nitrogen and oxygen atoms in total. The maximum Gasteiger partial charge on any atom is 0.178 e. The first-order chi connectivity index (χ1) is 34.0. The van der Waals surface area contributed by atoms with Crippen LogP contribution in [0.1, 0.15) is 0 Å². The molecule has 0 saturated carbocycles. The Morgan fingerprint density at radius 1 is 0.232 bits per heavy atom. The molecule has 0 aliphatic rings. The Bertz CT molecular complexity index is 4230. The third kappa shape index (κ3) is 4.82. The number of halogens is 4. The molecule has 10 aromatic carbocycles. The summed E-state index contributed by atoms with van der Waals surface area (Å²) in [5, 5.41) is 5.70. The lowest BCUT2D eigenvalue weighted by Crippen LogP contribution is -2.09. The van der Waals surface area contributed by atoms with E-state index in [2.05, 4.69) is 0 Å². The minimum absolute atomic E-state index is 0.150. The fourth-order valence-corrected chi connectivity index (χ4v) is 11.5. The molecule has 0 aliphatic carbocycles. The lowest BCUT2D eigenvalue weighted by atomic mass is 10.0. The lowest BCUT2D eigenvalue weighted by Gasteiger charge is -2.17. The van der Waals surface area contributed by atoms with Crippen molar-refractivity contribution >= 4 is 109 Å². The molecule has 0 atom stereocenters. The summed E-state index contributed by atoms with van der Waals surface area (Å²) in [6.07, 6.45) is 0. The number of hydrogen-bond acceptors (Lipinski definition) is 1. The molecule has 0 unspecified atom stereocenters. The summed E-state index contributed by atoms with van der Waals surface area (Å²) in [5.41, 5.74) is 2.89. The second-order valence-corrected chi connectivity index (χ2v) is 17.6. The molecule has 326 valence electrons. The Morgan fingerprint density at radius 3 is 0.638 bits per heavy atom. The molecule has 0 N–H and O–H groups in total. The molecule has 9 heteroatoms. The SMILES string of the molecule is Fc1c(-n2c3ccccc3c3ccccc32)c(F)c2c(oc3c(-n4c5ccccc5c5ccccc54)c(F)c(-n4c5ccccc5c5ccccc54)c(F)c32)c1-n1c2ccccc2c2ccccc21. The van der Waals surface area contributed by atoms with Crippen LogP contribution in [-0.2, 0) is 0 Å². The highest BCUT2D eigenvalue weighted by atomic mass is 19.1. The highest BCUT2D eigenvalue weighted by Crippen LogP contribution is 2.50. The minimum atomic E-state index is -1.07. The smallest absolute Gasteiger partial charge is 0.178 e. The van der Waals surface area contributed by atoms with E-state index in [-0.39, 0.29) is 33.3 Å². The summed E-state index contributed by atoms with van der Waals surface area (Å²) in [4.78, 5) is 0. The first kappa shape index (κ1) is 38.1. The van der Waals surface area contributed by atoms with Crippen LogP contribution in [-0.4, -0.2) is 18.3 Å². The van der Waals surface area contributed by atoms with Crippen molar-refractivity contribution in [3.8, 4) is 22.7 Å². The molecule has 15 aromatic rings. The zero-order chi connectivity index (χ0) is 45.8. The molecule has 0 radical (unpaired) electrons. The number of nitrogens with zero attached hydrogens (tertiary/aromatic N) is 4. The molecule has 0 amide bonds. The Hall–Kier alpha value is -9.08. The van der Waals surface area contributed by atoms with Crippen LogP contribution in [0.15, 0.2) is 199 Å². The van der Waals surface area contributed by atoms with E-state index < -0.39 is 34.6 Å². The van der Waals surface area contributed by atoms with Gasteiger partial charge in [0, 0.05) is 43.1 Å². The number of aromatic nitrogens is 4. The molecule has 15 rings (SSSR count). The summed E-state index contributed by atoms with van der Waals surface area (Å²) >= 11 is 0. The van der Waals surface area contributed by atoms with Gasteiger partial charge in [0.05, 0.1) is 54.9 Å². The van der Waals surface area contributed by atoms with Crippen LogP contribution in [0.2, 0.25) is 0 Å². The third-order valence-electron chi connectivity index (χ3n) is 14.2. The average Bonchev–Trinajstić information content (AvgIpc) is 4.20. The summed E-state index contributed by atoms with van der Waals surface area (Å²) in [7, 11) is 0. The van der Waals surface area contributed by atoms with Gasteiger partial charge in [0.1, 0.15) is 22.7 Å². The van der Waals surface area contributed by atoms with E-state index in [0.717, 1.165) is 43.1 Å². The quantitative estimate of drug-likeness (QED) is 0.162. The predicted molar refractivity (Wildman–Crippen MR) is 271 cm³/mol. The number of benzene rings is 10. The molecule has 0 aliphatic heterocycles. The summed E-state index contributed by atoms with van der Waals surface area (Å²) in [6.45, 7) is 0. The van der Waals surface area contributed by atoms with Gasteiger partial charge in [-0.05, 0) is 48.5 Å². The molecule has 0 fully saturated rings. The molecule has 5 aromatic heterocycles. The van der Waals surface area contributed by atoms with Gasteiger partial charge < -0.3 is 22.7 Å². The van der Waals surface area contributed by atoms with Crippen LogP contribution in [0.3, 0.4) is 0 Å². The molecule has 0 saturated heterocycles. The van der Waals surface area contributed by atoms with Crippen LogP contribution in [0.25, 0.3) is 132 Å². The first-order valence-corrected chi connectivity index (χ1v) is 22.7. The fraction of sp³-hybridized carbons (Fsp3) is 0. The molecule has 5 heterocycles. The molecule has 0 bridgehead atoms. The second kappa shape index (κ2) is 13.7. The van der Waals surface area contributed by atoms with Crippen molar-refractivity contribution < 1.29 is 22.0 Å². The Balaban J connectivity index is 1.23. The van der Waals surface area contributed by atoms with Crippen LogP contribution in [0, 0.1) is 23.3 Å². The van der Waals surface area contributed by atoms with E-state index in [4.69, 9.17) is 4.42 Å². The normalized spacial score (nSPS) is 12.3. The van der Waals surface area contributed by atoms with Gasteiger partial charge in [0.2, 0.25) is 0 Å². The summed E-state index contributed by atoms with van der Waals surface area (Å²) in [6, 6.07) is 60.2. The highest BCUT2D eigenvalue weighted by molar-refractivity contribution is 6.19. The van der Waals surface area contributed by atoms with E-state index in [1.807, 2.05) is 194 Å². The van der Waals surface area contributed by atoms with Gasteiger partial charge in [0.15, 0.2) is 34.4 Å². The molecule has 69 heavy (non-hydrogen) atoms. The van der Waals surface area contributed by atoms with E-state index in [9.17, 15) is 0 Å². The van der Waals surface area contributed by atoms with Crippen LogP contribution in [0.5, 0.6) is 0 Å². The maximum absolute atomic E-state index is 19.0. The van der Waals surface area contributed by atoms with Gasteiger partial charge in [-0.1, -0.05) is 146 Å². The van der Waals surface area contributed by atoms with E-state index in [1.54, 1.807) is 18.3 Å². The summed E-state index contributed by atoms with van der Waals surface area (Å²) < 4.78 is 89.4. The number of fused-ring (bicyclic) bond motifs is 15. The number of furan rings is 1. The molecule has 0 spiro atoms. The van der Waals surface area contributed by atoms with Gasteiger partial charge in [-0.2, -0.15) is 0 Å². The number of rotatable bonds is 4. The predicted octanol–water partition coefficient (Wildman–Crippen LogP) is 16.5. The van der Waals surface area contributed by atoms with Crippen molar-refractivity contribution in [2.24, 2.45) is 0 Å². The first-order valence-electron chi connectivity index (χ1n) is 22.7. The van der Waals surface area contributed by atoms with E-state index >= 15 is 17.6 Å². The highest BCUT2D eigenvalue weighted by Gasteiger charge is 2.36. The van der Waals surface area contributed by atoms with Crippen LogP contribution < -0.4 is 0 Å². The van der Waals surface area contributed by atoms with Gasteiger partial charge in [-0.25, -0.2) is 17.6 Å².